The molecule has 0 aliphatic rings. The Labute approximate surface area is 136 Å². The minimum Gasteiger partial charge on any atom is -0.491 e. The minimum absolute atomic E-state index is 0.271. The van der Waals surface area contributed by atoms with Crippen molar-refractivity contribution in [1.82, 2.24) is 4.98 Å². The fourth-order valence-electron chi connectivity index (χ4n) is 1.67. The monoisotopic (exact) mass is 368 g/mol. The number of anilines is 1. The van der Waals surface area contributed by atoms with E-state index in [1.165, 1.54) is 6.20 Å². The molecule has 0 aliphatic heterocycles. The molecule has 0 saturated carbocycles. The molecule has 1 aromatic carbocycles. The Hall–Kier alpha value is -1.59. The van der Waals surface area contributed by atoms with Gasteiger partial charge in [-0.05, 0) is 46.6 Å². The highest BCUT2D eigenvalue weighted by atomic mass is 79.9. The largest absolute Gasteiger partial charge is 0.491 e. The van der Waals surface area contributed by atoms with Crippen LogP contribution in [0.4, 0.5) is 5.69 Å². The quantitative estimate of drug-likeness (QED) is 0.842. The molecule has 4 nitrogen and oxygen atoms in total. The topological polar surface area (TPSA) is 51.2 Å². The number of nitrogens with zero attached hydrogens (tertiary/aromatic N) is 1. The van der Waals surface area contributed by atoms with Gasteiger partial charge in [0.25, 0.3) is 5.91 Å². The summed E-state index contributed by atoms with van der Waals surface area (Å²) in [7, 11) is 0. The average molecular weight is 370 g/mol. The number of halogens is 2. The van der Waals surface area contributed by atoms with Gasteiger partial charge < -0.3 is 10.1 Å². The van der Waals surface area contributed by atoms with Crippen LogP contribution in [0.2, 0.25) is 5.02 Å². The Bertz CT molecular complexity index is 649. The predicted octanol–water partition coefficient (Wildman–Crippen LogP) is 4.54. The number of benzene rings is 1. The summed E-state index contributed by atoms with van der Waals surface area (Å²) in [6.07, 6.45) is 3.99. The molecule has 0 radical (unpaired) electrons. The molecule has 0 bridgehead atoms. The maximum absolute atomic E-state index is 12.2. The van der Waals surface area contributed by atoms with Gasteiger partial charge in [-0.3, -0.25) is 9.78 Å². The lowest BCUT2D eigenvalue weighted by Gasteiger charge is -2.12. The minimum atomic E-state index is -0.271. The van der Waals surface area contributed by atoms with Crippen molar-refractivity contribution in [3.63, 3.8) is 0 Å². The summed E-state index contributed by atoms with van der Waals surface area (Å²) in [6.45, 7) is 2.59. The highest BCUT2D eigenvalue weighted by Crippen LogP contribution is 2.28. The first-order valence-electron chi connectivity index (χ1n) is 6.44. The van der Waals surface area contributed by atoms with E-state index >= 15 is 0 Å². The molecule has 2 rings (SSSR count). The van der Waals surface area contributed by atoms with Gasteiger partial charge in [-0.2, -0.15) is 0 Å². The second kappa shape index (κ2) is 7.43. The lowest BCUT2D eigenvalue weighted by Crippen LogP contribution is -2.13. The molecule has 21 heavy (non-hydrogen) atoms. The van der Waals surface area contributed by atoms with Gasteiger partial charge in [0.1, 0.15) is 5.75 Å². The molecule has 0 spiro atoms. The lowest BCUT2D eigenvalue weighted by molar-refractivity contribution is 0.102. The maximum atomic E-state index is 12.2. The van der Waals surface area contributed by atoms with E-state index in [2.05, 4.69) is 26.2 Å². The Morgan fingerprint density at radius 1 is 1.38 bits per heavy atom. The number of carbonyl (C=O) groups excluding carboxylic acids is 1. The van der Waals surface area contributed by atoms with Gasteiger partial charge in [-0.1, -0.05) is 18.5 Å². The van der Waals surface area contributed by atoms with Crippen molar-refractivity contribution in [2.45, 2.75) is 13.3 Å². The molecule has 1 N–H and O–H groups in total. The number of rotatable bonds is 5. The molecule has 0 atom stereocenters. The lowest BCUT2D eigenvalue weighted by atomic mass is 10.2. The number of carbonyl (C=O) groups is 1. The third-order valence-corrected chi connectivity index (χ3v) is 3.29. The molecule has 1 aromatic heterocycles. The van der Waals surface area contributed by atoms with Gasteiger partial charge in [-0.15, -0.1) is 0 Å². The first kappa shape index (κ1) is 15.8. The van der Waals surface area contributed by atoms with Crippen LogP contribution in [0.1, 0.15) is 23.7 Å². The number of aromatic nitrogens is 1. The van der Waals surface area contributed by atoms with Crippen LogP contribution in [0.25, 0.3) is 0 Å². The van der Waals surface area contributed by atoms with Crippen LogP contribution in [0.15, 0.2) is 41.1 Å². The van der Waals surface area contributed by atoms with E-state index < -0.39 is 0 Å². The van der Waals surface area contributed by atoms with Gasteiger partial charge in [0, 0.05) is 21.9 Å². The van der Waals surface area contributed by atoms with Crippen LogP contribution in [0.5, 0.6) is 5.75 Å². The highest BCUT2D eigenvalue weighted by molar-refractivity contribution is 9.10. The molecular weight excluding hydrogens is 356 g/mol. The summed E-state index contributed by atoms with van der Waals surface area (Å²) in [5.41, 5.74) is 0.992. The third kappa shape index (κ3) is 4.44. The number of pyridine rings is 1. The molecular formula is C15H14BrClN2O2. The van der Waals surface area contributed by atoms with E-state index in [0.29, 0.717) is 28.6 Å². The zero-order chi connectivity index (χ0) is 15.2. The fraction of sp³-hybridized carbons (Fsp3) is 0.200. The van der Waals surface area contributed by atoms with Gasteiger partial charge in [0.15, 0.2) is 0 Å². The van der Waals surface area contributed by atoms with Gasteiger partial charge in [0.05, 0.1) is 17.9 Å². The second-order valence-electron chi connectivity index (χ2n) is 4.33. The first-order chi connectivity index (χ1) is 10.1. The Kier molecular flexibility index (Phi) is 5.59. The van der Waals surface area contributed by atoms with Crippen molar-refractivity contribution in [1.29, 1.82) is 0 Å². The smallest absolute Gasteiger partial charge is 0.257 e. The van der Waals surface area contributed by atoms with Crippen molar-refractivity contribution in [3.8, 4) is 5.75 Å². The van der Waals surface area contributed by atoms with E-state index in [1.54, 1.807) is 30.5 Å². The second-order valence-corrected chi connectivity index (χ2v) is 5.69. The Morgan fingerprint density at radius 3 is 2.90 bits per heavy atom. The van der Waals surface area contributed by atoms with Gasteiger partial charge in [0.2, 0.25) is 0 Å². The van der Waals surface area contributed by atoms with Gasteiger partial charge >= 0.3 is 0 Å². The first-order valence-corrected chi connectivity index (χ1v) is 7.61. The summed E-state index contributed by atoms with van der Waals surface area (Å²) < 4.78 is 6.34. The molecule has 110 valence electrons. The van der Waals surface area contributed by atoms with Crippen molar-refractivity contribution in [2.24, 2.45) is 0 Å². The molecule has 0 saturated heterocycles. The number of ether oxygens (including phenoxy) is 1. The van der Waals surface area contributed by atoms with E-state index in [1.807, 2.05) is 6.92 Å². The Morgan fingerprint density at radius 2 is 2.19 bits per heavy atom. The van der Waals surface area contributed by atoms with Crippen molar-refractivity contribution in [2.75, 3.05) is 11.9 Å². The fourth-order valence-corrected chi connectivity index (χ4v) is 2.21. The van der Waals surface area contributed by atoms with E-state index in [0.717, 1.165) is 10.9 Å². The van der Waals surface area contributed by atoms with E-state index in [-0.39, 0.29) is 5.91 Å². The molecule has 2 aromatic rings. The van der Waals surface area contributed by atoms with E-state index in [9.17, 15) is 4.79 Å². The zero-order valence-electron chi connectivity index (χ0n) is 11.4. The summed E-state index contributed by atoms with van der Waals surface area (Å²) in [5.74, 6) is 0.324. The molecule has 0 aliphatic carbocycles. The molecule has 6 heteroatoms. The van der Waals surface area contributed by atoms with Crippen LogP contribution in [-0.4, -0.2) is 17.5 Å². The highest BCUT2D eigenvalue weighted by Gasteiger charge is 2.11. The predicted molar refractivity (Wildman–Crippen MR) is 87.1 cm³/mol. The number of nitrogens with one attached hydrogen (secondary N) is 1. The summed E-state index contributed by atoms with van der Waals surface area (Å²) >= 11 is 9.27. The summed E-state index contributed by atoms with van der Waals surface area (Å²) in [4.78, 5) is 16.2. The maximum Gasteiger partial charge on any atom is 0.257 e. The zero-order valence-corrected chi connectivity index (χ0v) is 13.7. The number of amides is 1. The van der Waals surface area contributed by atoms with Crippen LogP contribution in [-0.2, 0) is 0 Å². The van der Waals surface area contributed by atoms with E-state index in [4.69, 9.17) is 16.3 Å². The van der Waals surface area contributed by atoms with Crippen LogP contribution in [0, 0.1) is 0 Å². The molecule has 0 unspecified atom stereocenters. The molecule has 1 amide bonds. The van der Waals surface area contributed by atoms with Crippen molar-refractivity contribution < 1.29 is 9.53 Å². The standard InChI is InChI=1S/C15H14BrClN2O2/c1-2-5-21-14-4-3-12(17)7-13(14)19-15(20)10-6-11(16)9-18-8-10/h3-4,6-9H,2,5H2,1H3,(H,19,20). The molecule has 1 heterocycles. The van der Waals surface area contributed by atoms with Crippen LogP contribution < -0.4 is 10.1 Å². The normalized spacial score (nSPS) is 10.2. The summed E-state index contributed by atoms with van der Waals surface area (Å²) in [5, 5.41) is 3.32. The average Bonchev–Trinajstić information content (AvgIpc) is 2.46. The van der Waals surface area contributed by atoms with Crippen molar-refractivity contribution >= 4 is 39.1 Å². The van der Waals surface area contributed by atoms with Crippen LogP contribution >= 0.6 is 27.5 Å². The Balaban J connectivity index is 2.21. The van der Waals surface area contributed by atoms with Crippen molar-refractivity contribution in [3.05, 3.63) is 51.7 Å². The van der Waals surface area contributed by atoms with Gasteiger partial charge in [-0.25, -0.2) is 0 Å². The molecule has 0 fully saturated rings. The third-order valence-electron chi connectivity index (χ3n) is 2.62. The summed E-state index contributed by atoms with van der Waals surface area (Å²) in [6, 6.07) is 6.82. The number of hydrogen-bond donors (Lipinski definition) is 1. The SMILES string of the molecule is CCCOc1ccc(Cl)cc1NC(=O)c1cncc(Br)c1. The number of hydrogen-bond acceptors (Lipinski definition) is 3. The van der Waals surface area contributed by atoms with Crippen LogP contribution in [0.3, 0.4) is 0 Å².